The molecule has 4 heteroatoms. The van der Waals surface area contributed by atoms with E-state index in [0.717, 1.165) is 9.79 Å². The minimum absolute atomic E-state index is 0.231. The molecule has 2 aromatic carbocycles. The van der Waals surface area contributed by atoms with Gasteiger partial charge in [-0.25, -0.2) is 0 Å². The molecule has 0 radical (unpaired) electrons. The van der Waals surface area contributed by atoms with Crippen molar-refractivity contribution < 1.29 is 5.11 Å². The summed E-state index contributed by atoms with van der Waals surface area (Å²) in [5.74, 6) is 0.231. The molecule has 2 nitrogen and oxygen atoms in total. The zero-order chi connectivity index (χ0) is 12.3. The number of hydrogen-bond acceptors (Lipinski definition) is 3. The summed E-state index contributed by atoms with van der Waals surface area (Å²) in [5.41, 5.74) is 0.465. The molecular weight excluding hydrogens is 254 g/mol. The van der Waals surface area contributed by atoms with Gasteiger partial charge in [-0.2, -0.15) is 5.26 Å². The maximum absolute atomic E-state index is 9.35. The van der Waals surface area contributed by atoms with Gasteiger partial charge < -0.3 is 5.11 Å². The summed E-state index contributed by atoms with van der Waals surface area (Å²) < 4.78 is 0. The van der Waals surface area contributed by atoms with Gasteiger partial charge in [0.05, 0.1) is 10.6 Å². The average molecular weight is 262 g/mol. The van der Waals surface area contributed by atoms with E-state index < -0.39 is 0 Å². The number of halogens is 1. The smallest absolute Gasteiger partial charge is 0.116 e. The van der Waals surface area contributed by atoms with Crippen LogP contribution in [-0.4, -0.2) is 5.11 Å². The molecule has 1 N–H and O–H groups in total. The molecule has 84 valence electrons. The first-order chi connectivity index (χ1) is 8.19. The number of aromatic hydroxyl groups is 1. The van der Waals surface area contributed by atoms with E-state index in [1.165, 1.54) is 11.8 Å². The van der Waals surface area contributed by atoms with Gasteiger partial charge in [0.2, 0.25) is 0 Å². The fourth-order valence-electron chi connectivity index (χ4n) is 1.33. The van der Waals surface area contributed by atoms with Crippen LogP contribution in [-0.2, 0) is 0 Å². The number of benzene rings is 2. The predicted molar refractivity (Wildman–Crippen MR) is 68.4 cm³/mol. The number of phenolic OH excluding ortho intramolecular Hbond substituents is 1. The summed E-state index contributed by atoms with van der Waals surface area (Å²) in [6, 6.07) is 14.3. The highest BCUT2D eigenvalue weighted by molar-refractivity contribution is 7.99. The number of hydrogen-bond donors (Lipinski definition) is 1. The maximum atomic E-state index is 9.35. The van der Waals surface area contributed by atoms with Crippen molar-refractivity contribution >= 4 is 23.4 Å². The van der Waals surface area contributed by atoms with Crippen molar-refractivity contribution in [3.63, 3.8) is 0 Å². The highest BCUT2D eigenvalue weighted by Gasteiger charge is 2.03. The second-order valence-corrected chi connectivity index (χ2v) is 4.91. The Bertz CT molecular complexity index is 592. The third kappa shape index (κ3) is 2.94. The molecule has 0 aromatic heterocycles. The van der Waals surface area contributed by atoms with Crippen LogP contribution in [0.25, 0.3) is 0 Å². The van der Waals surface area contributed by atoms with Gasteiger partial charge in [-0.05, 0) is 36.4 Å². The third-order valence-electron chi connectivity index (χ3n) is 2.11. The molecule has 0 fully saturated rings. The molecule has 0 atom stereocenters. The Kier molecular flexibility index (Phi) is 3.58. The van der Waals surface area contributed by atoms with Crippen molar-refractivity contribution in [1.29, 1.82) is 5.26 Å². The molecule has 0 saturated heterocycles. The SMILES string of the molecule is N#Cc1ccc(Sc2cccc(O)c2)cc1Cl. The lowest BCUT2D eigenvalue weighted by atomic mass is 10.2. The molecule has 2 rings (SSSR count). The summed E-state index contributed by atoms with van der Waals surface area (Å²) in [7, 11) is 0. The largest absolute Gasteiger partial charge is 0.508 e. The molecule has 17 heavy (non-hydrogen) atoms. The van der Waals surface area contributed by atoms with E-state index in [9.17, 15) is 5.11 Å². The second-order valence-electron chi connectivity index (χ2n) is 3.35. The van der Waals surface area contributed by atoms with Crippen molar-refractivity contribution in [3.05, 3.63) is 53.1 Å². The lowest BCUT2D eigenvalue weighted by molar-refractivity contribution is 0.474. The molecule has 0 aliphatic heterocycles. The van der Waals surface area contributed by atoms with Gasteiger partial charge in [0, 0.05) is 9.79 Å². The standard InChI is InChI=1S/C13H8ClNOS/c14-13-7-12(5-4-9(13)8-15)17-11-3-1-2-10(16)6-11/h1-7,16H. The van der Waals surface area contributed by atoms with E-state index in [0.29, 0.717) is 10.6 Å². The van der Waals surface area contributed by atoms with Crippen LogP contribution in [0.4, 0.5) is 0 Å². The van der Waals surface area contributed by atoms with E-state index in [1.807, 2.05) is 18.2 Å². The van der Waals surface area contributed by atoms with Crippen LogP contribution in [0.3, 0.4) is 0 Å². The normalized spacial score (nSPS) is 9.88. The summed E-state index contributed by atoms with van der Waals surface area (Å²) in [4.78, 5) is 1.85. The topological polar surface area (TPSA) is 44.0 Å². The van der Waals surface area contributed by atoms with Crippen molar-refractivity contribution in [2.24, 2.45) is 0 Å². The van der Waals surface area contributed by atoms with Crippen LogP contribution in [0.5, 0.6) is 5.75 Å². The Morgan fingerprint density at radius 1 is 1.12 bits per heavy atom. The Balaban J connectivity index is 2.25. The number of phenols is 1. The average Bonchev–Trinajstić information content (AvgIpc) is 2.29. The molecule has 0 aliphatic rings. The lowest BCUT2D eigenvalue weighted by Crippen LogP contribution is -1.79. The van der Waals surface area contributed by atoms with Gasteiger partial charge in [0.15, 0.2) is 0 Å². The molecule has 0 saturated carbocycles. The molecule has 2 aromatic rings. The fourth-order valence-corrected chi connectivity index (χ4v) is 2.53. The van der Waals surface area contributed by atoms with Crippen molar-refractivity contribution in [3.8, 4) is 11.8 Å². The van der Waals surface area contributed by atoms with Gasteiger partial charge in [0.25, 0.3) is 0 Å². The predicted octanol–water partition coefficient (Wildman–Crippen LogP) is 4.07. The highest BCUT2D eigenvalue weighted by atomic mass is 35.5. The van der Waals surface area contributed by atoms with Crippen LogP contribution in [0, 0.1) is 11.3 Å². The summed E-state index contributed by atoms with van der Waals surface area (Å²) in [5, 5.41) is 18.5. The quantitative estimate of drug-likeness (QED) is 0.886. The van der Waals surface area contributed by atoms with Crippen LogP contribution in [0.15, 0.2) is 52.3 Å². The van der Waals surface area contributed by atoms with Crippen molar-refractivity contribution in [2.45, 2.75) is 9.79 Å². The molecule has 0 bridgehead atoms. The second kappa shape index (κ2) is 5.13. The Morgan fingerprint density at radius 3 is 2.53 bits per heavy atom. The number of nitrogens with zero attached hydrogens (tertiary/aromatic N) is 1. The van der Waals surface area contributed by atoms with Gasteiger partial charge in [0.1, 0.15) is 11.8 Å². The molecule has 0 heterocycles. The molecular formula is C13H8ClNOS. The van der Waals surface area contributed by atoms with Crippen LogP contribution >= 0.6 is 23.4 Å². The highest BCUT2D eigenvalue weighted by Crippen LogP contribution is 2.32. The fraction of sp³-hybridized carbons (Fsp3) is 0. The van der Waals surface area contributed by atoms with Gasteiger partial charge >= 0.3 is 0 Å². The minimum atomic E-state index is 0.231. The number of rotatable bonds is 2. The molecule has 0 unspecified atom stereocenters. The molecule has 0 amide bonds. The third-order valence-corrected chi connectivity index (χ3v) is 3.41. The first-order valence-corrected chi connectivity index (χ1v) is 6.05. The Hall–Kier alpha value is -1.63. The van der Waals surface area contributed by atoms with Crippen LogP contribution in [0.2, 0.25) is 5.02 Å². The van der Waals surface area contributed by atoms with E-state index in [2.05, 4.69) is 0 Å². The van der Waals surface area contributed by atoms with Crippen molar-refractivity contribution in [1.82, 2.24) is 0 Å². The van der Waals surface area contributed by atoms with Crippen LogP contribution in [0.1, 0.15) is 5.56 Å². The lowest BCUT2D eigenvalue weighted by Gasteiger charge is -2.03. The van der Waals surface area contributed by atoms with E-state index in [-0.39, 0.29) is 5.75 Å². The van der Waals surface area contributed by atoms with Crippen molar-refractivity contribution in [2.75, 3.05) is 0 Å². The zero-order valence-electron chi connectivity index (χ0n) is 8.72. The number of nitriles is 1. The monoisotopic (exact) mass is 261 g/mol. The first-order valence-electron chi connectivity index (χ1n) is 4.85. The molecule has 0 aliphatic carbocycles. The van der Waals surface area contributed by atoms with E-state index >= 15 is 0 Å². The maximum Gasteiger partial charge on any atom is 0.116 e. The zero-order valence-corrected chi connectivity index (χ0v) is 10.3. The first kappa shape index (κ1) is 11.8. The summed E-state index contributed by atoms with van der Waals surface area (Å²) in [6.07, 6.45) is 0. The van der Waals surface area contributed by atoms with Crippen LogP contribution < -0.4 is 0 Å². The van der Waals surface area contributed by atoms with Gasteiger partial charge in [-0.3, -0.25) is 0 Å². The summed E-state index contributed by atoms with van der Waals surface area (Å²) in [6.45, 7) is 0. The minimum Gasteiger partial charge on any atom is -0.508 e. The van der Waals surface area contributed by atoms with E-state index in [4.69, 9.17) is 16.9 Å². The van der Waals surface area contributed by atoms with Gasteiger partial charge in [-0.15, -0.1) is 0 Å². The van der Waals surface area contributed by atoms with E-state index in [1.54, 1.807) is 30.3 Å². The Labute approximate surface area is 108 Å². The summed E-state index contributed by atoms with van der Waals surface area (Å²) >= 11 is 7.42. The Morgan fingerprint density at radius 2 is 1.88 bits per heavy atom. The van der Waals surface area contributed by atoms with Gasteiger partial charge in [-0.1, -0.05) is 29.4 Å². The molecule has 0 spiro atoms.